The summed E-state index contributed by atoms with van der Waals surface area (Å²) in [6.07, 6.45) is 0. The first kappa shape index (κ1) is 13.6. The normalized spacial score (nSPS) is 19.8. The second-order valence-electron chi connectivity index (χ2n) is 2.42. The zero-order valence-electron chi connectivity index (χ0n) is 7.12. The molecule has 1 fully saturated rings. The molecule has 0 aromatic heterocycles. The Morgan fingerprint density at radius 3 is 2.25 bits per heavy atom. The third-order valence-electron chi connectivity index (χ3n) is 1.56. The van der Waals surface area contributed by atoms with Gasteiger partial charge in [-0.2, -0.15) is 0 Å². The molecule has 0 aliphatic carbocycles. The van der Waals surface area contributed by atoms with E-state index in [0.29, 0.717) is 4.32 Å². The molecule has 1 heterocycles. The molecule has 3 N–H and O–H groups in total. The quantitative estimate of drug-likeness (QED) is 0.206. The van der Waals surface area contributed by atoms with Crippen molar-refractivity contribution in [3.05, 3.63) is 0 Å². The fourth-order valence-electron chi connectivity index (χ4n) is 0.963. The van der Waals surface area contributed by atoms with Gasteiger partial charge in [-0.05, 0) is 4.32 Å². The molecular formula is C5H11KN4S2. The first-order valence-corrected chi connectivity index (χ1v) is 4.22. The van der Waals surface area contributed by atoms with Gasteiger partial charge in [0.15, 0.2) is 0 Å². The SMILES string of the molecule is NN1CCN(NC(=S)[S-])CC1.[K+]. The molecule has 12 heavy (non-hydrogen) atoms. The maximum atomic E-state index is 5.55. The zero-order valence-corrected chi connectivity index (χ0v) is 11.9. The smallest absolute Gasteiger partial charge is 0.410 e. The van der Waals surface area contributed by atoms with Gasteiger partial charge in [0, 0.05) is 26.2 Å². The van der Waals surface area contributed by atoms with E-state index in [1.165, 1.54) is 0 Å². The molecule has 1 rings (SSSR count). The largest absolute Gasteiger partial charge is 1.00 e. The van der Waals surface area contributed by atoms with Crippen LogP contribution < -0.4 is 62.7 Å². The molecule has 0 aromatic carbocycles. The summed E-state index contributed by atoms with van der Waals surface area (Å²) in [5.41, 5.74) is 2.90. The number of hydrazine groups is 2. The molecular weight excluding hydrogens is 219 g/mol. The van der Waals surface area contributed by atoms with E-state index in [1.54, 1.807) is 5.01 Å². The second kappa shape index (κ2) is 6.99. The standard InChI is InChI=1S/C5H12N4S2.K/c6-8-1-3-9(4-2-8)7-5(10)11;/h1-4,6H2,(H2,7,10,11);/q;+1/p-1. The molecule has 1 aliphatic heterocycles. The van der Waals surface area contributed by atoms with Crippen LogP contribution in [0.3, 0.4) is 0 Å². The Morgan fingerprint density at radius 1 is 1.33 bits per heavy atom. The number of hydrogen-bond acceptors (Lipinski definition) is 5. The van der Waals surface area contributed by atoms with Crippen LogP contribution in [0.5, 0.6) is 0 Å². The van der Waals surface area contributed by atoms with E-state index in [1.807, 2.05) is 5.01 Å². The minimum Gasteiger partial charge on any atom is -0.410 e. The average Bonchev–Trinajstić information content (AvgIpc) is 1.93. The number of nitrogens with zero attached hydrogens (tertiary/aromatic N) is 2. The van der Waals surface area contributed by atoms with Gasteiger partial charge in [0.1, 0.15) is 0 Å². The van der Waals surface area contributed by atoms with Crippen molar-refractivity contribution in [2.45, 2.75) is 0 Å². The Labute approximate surface area is 126 Å². The average molecular weight is 230 g/mol. The van der Waals surface area contributed by atoms with Crippen LogP contribution in [0.2, 0.25) is 0 Å². The molecule has 0 aromatic rings. The van der Waals surface area contributed by atoms with E-state index in [4.69, 9.17) is 30.7 Å². The minimum absolute atomic E-state index is 0. The summed E-state index contributed by atoms with van der Waals surface area (Å²) in [5, 5.41) is 3.77. The first-order chi connectivity index (χ1) is 5.18. The number of piperazine rings is 1. The molecule has 1 aliphatic rings. The van der Waals surface area contributed by atoms with E-state index >= 15 is 0 Å². The minimum atomic E-state index is 0. The fraction of sp³-hybridized carbons (Fsp3) is 0.800. The molecule has 7 heteroatoms. The molecule has 0 unspecified atom stereocenters. The van der Waals surface area contributed by atoms with Crippen molar-refractivity contribution in [3.8, 4) is 0 Å². The third-order valence-corrected chi connectivity index (χ3v) is 1.75. The van der Waals surface area contributed by atoms with Gasteiger partial charge < -0.3 is 30.3 Å². The molecule has 1 saturated heterocycles. The number of thiocarbonyl (C=S) groups is 1. The molecule has 4 nitrogen and oxygen atoms in total. The Morgan fingerprint density at radius 2 is 1.83 bits per heavy atom. The van der Waals surface area contributed by atoms with Crippen molar-refractivity contribution in [2.75, 3.05) is 26.2 Å². The van der Waals surface area contributed by atoms with Crippen molar-refractivity contribution in [1.29, 1.82) is 0 Å². The summed E-state index contributed by atoms with van der Waals surface area (Å²) in [6.45, 7) is 3.44. The molecule has 0 radical (unpaired) electrons. The number of nitrogens with one attached hydrogen (secondary N) is 1. The van der Waals surface area contributed by atoms with Crippen molar-refractivity contribution in [1.82, 2.24) is 15.4 Å². The molecule has 0 amide bonds. The predicted octanol–water partition coefficient (Wildman–Crippen LogP) is -4.18. The summed E-state index contributed by atoms with van der Waals surface area (Å²) in [4.78, 5) is 0. The Kier molecular flexibility index (Phi) is 7.94. The van der Waals surface area contributed by atoms with E-state index in [-0.39, 0.29) is 51.4 Å². The van der Waals surface area contributed by atoms with E-state index < -0.39 is 0 Å². The van der Waals surface area contributed by atoms with Crippen LogP contribution in [0, 0.1) is 0 Å². The third kappa shape index (κ3) is 5.38. The van der Waals surface area contributed by atoms with Crippen molar-refractivity contribution >= 4 is 29.2 Å². The zero-order chi connectivity index (χ0) is 8.27. The van der Waals surface area contributed by atoms with Crippen LogP contribution in [0.25, 0.3) is 0 Å². The van der Waals surface area contributed by atoms with Crippen LogP contribution in [0.1, 0.15) is 0 Å². The Hall–Kier alpha value is 1.63. The number of nitrogens with two attached hydrogens (primary N) is 1. The topological polar surface area (TPSA) is 44.5 Å². The summed E-state index contributed by atoms with van der Waals surface area (Å²) in [5.74, 6) is 5.55. The van der Waals surface area contributed by atoms with Crippen LogP contribution in [0.4, 0.5) is 0 Å². The maximum absolute atomic E-state index is 5.55. The van der Waals surface area contributed by atoms with Gasteiger partial charge in [-0.15, -0.1) is 0 Å². The van der Waals surface area contributed by atoms with Gasteiger partial charge in [-0.3, -0.25) is 5.84 Å². The van der Waals surface area contributed by atoms with Gasteiger partial charge in [-0.25, -0.2) is 10.0 Å². The molecule has 0 saturated carbocycles. The van der Waals surface area contributed by atoms with Gasteiger partial charge >= 0.3 is 51.4 Å². The van der Waals surface area contributed by atoms with Gasteiger partial charge in [0.2, 0.25) is 0 Å². The molecule has 64 valence electrons. The van der Waals surface area contributed by atoms with Crippen LogP contribution in [0.15, 0.2) is 0 Å². The van der Waals surface area contributed by atoms with Crippen molar-refractivity contribution in [2.24, 2.45) is 5.84 Å². The van der Waals surface area contributed by atoms with E-state index in [9.17, 15) is 0 Å². The summed E-state index contributed by atoms with van der Waals surface area (Å²) >= 11 is 9.45. The van der Waals surface area contributed by atoms with Crippen molar-refractivity contribution in [3.63, 3.8) is 0 Å². The van der Waals surface area contributed by atoms with Crippen LogP contribution in [-0.2, 0) is 12.6 Å². The van der Waals surface area contributed by atoms with Gasteiger partial charge in [0.05, 0.1) is 0 Å². The predicted molar refractivity (Wildman–Crippen MR) is 50.4 cm³/mol. The van der Waals surface area contributed by atoms with E-state index in [0.717, 1.165) is 26.2 Å². The van der Waals surface area contributed by atoms with Gasteiger partial charge in [-0.1, -0.05) is 0 Å². The Bertz CT molecular complexity index is 148. The van der Waals surface area contributed by atoms with Crippen molar-refractivity contribution < 1.29 is 51.4 Å². The summed E-state index contributed by atoms with van der Waals surface area (Å²) in [6, 6.07) is 0. The monoisotopic (exact) mass is 230 g/mol. The summed E-state index contributed by atoms with van der Waals surface area (Å²) in [7, 11) is 0. The number of rotatable bonds is 1. The van der Waals surface area contributed by atoms with Crippen LogP contribution >= 0.6 is 12.2 Å². The fourth-order valence-corrected chi connectivity index (χ4v) is 1.22. The molecule has 0 bridgehead atoms. The van der Waals surface area contributed by atoms with Crippen LogP contribution in [-0.4, -0.2) is 40.5 Å². The van der Waals surface area contributed by atoms with Gasteiger partial charge in [0.25, 0.3) is 0 Å². The van der Waals surface area contributed by atoms with E-state index in [2.05, 4.69) is 5.43 Å². The molecule has 0 spiro atoms. The maximum Gasteiger partial charge on any atom is 1.00 e. The Balaban J connectivity index is 0.00000121. The second-order valence-corrected chi connectivity index (χ2v) is 3.50. The first-order valence-electron chi connectivity index (χ1n) is 3.40. The number of hydrogen-bond donors (Lipinski definition) is 2. The molecule has 0 atom stereocenters. The summed E-state index contributed by atoms with van der Waals surface area (Å²) < 4.78 is 0.399.